The number of hydrogen-bond donors (Lipinski definition) is 3. The van der Waals surface area contributed by atoms with Gasteiger partial charge in [-0.25, -0.2) is 4.57 Å². The molecule has 0 aliphatic heterocycles. The first kappa shape index (κ1) is 10.8. The van der Waals surface area contributed by atoms with Gasteiger partial charge in [0.05, 0.1) is 0 Å². The second kappa shape index (κ2) is 5.09. The van der Waals surface area contributed by atoms with E-state index in [-0.39, 0.29) is 0 Å². The van der Waals surface area contributed by atoms with Crippen molar-refractivity contribution in [3.8, 4) is 0 Å². The normalized spacial score (nSPS) is 9.29. The molecule has 43 valence electrons. The molecule has 0 aromatic carbocycles. The summed E-state index contributed by atoms with van der Waals surface area (Å²) in [6.45, 7) is 0. The maximum absolute atomic E-state index is 8.88. The SMILES string of the molecule is O=P(O)(O)O.[Cl][Ge]. The van der Waals surface area contributed by atoms with E-state index in [0.717, 1.165) is 0 Å². The van der Waals surface area contributed by atoms with Crippen LogP contribution >= 0.6 is 17.8 Å². The fraction of sp³-hybridized carbons (Fsp3) is 0. The zero-order valence-corrected chi connectivity index (χ0v) is 6.82. The maximum atomic E-state index is 8.88. The van der Waals surface area contributed by atoms with Crippen LogP contribution in [-0.4, -0.2) is 30.3 Å². The van der Waals surface area contributed by atoms with E-state index in [1.165, 1.54) is 15.6 Å². The summed E-state index contributed by atoms with van der Waals surface area (Å²) in [7, 11) is -0.000000000000000888. The van der Waals surface area contributed by atoms with E-state index in [4.69, 9.17) is 19.2 Å². The van der Waals surface area contributed by atoms with Crippen LogP contribution in [0.1, 0.15) is 0 Å². The van der Waals surface area contributed by atoms with E-state index in [9.17, 15) is 0 Å². The second-order valence-electron chi connectivity index (χ2n) is 0.513. The zero-order valence-electron chi connectivity index (χ0n) is 3.08. The average molecular weight is 206 g/mol. The molecule has 0 saturated carbocycles. The van der Waals surface area contributed by atoms with Crippen LogP contribution in [0.15, 0.2) is 0 Å². The summed E-state index contributed by atoms with van der Waals surface area (Å²) < 4.78 is 8.88. The second-order valence-corrected chi connectivity index (χ2v) is 1.54. The van der Waals surface area contributed by atoms with Crippen LogP contribution in [0, 0.1) is 0 Å². The van der Waals surface area contributed by atoms with Gasteiger partial charge in [-0.15, -0.1) is 0 Å². The molecule has 0 atom stereocenters. The van der Waals surface area contributed by atoms with Gasteiger partial charge in [0.1, 0.15) is 0 Å². The van der Waals surface area contributed by atoms with Gasteiger partial charge in [-0.3, -0.25) is 0 Å². The zero-order chi connectivity index (χ0) is 6.50. The molecule has 3 N–H and O–H groups in total. The van der Waals surface area contributed by atoms with Gasteiger partial charge in [0.15, 0.2) is 0 Å². The molecule has 7 heteroatoms. The molecular weight excluding hydrogens is 203 g/mol. The molecule has 0 amide bonds. The quantitative estimate of drug-likeness (QED) is 0.364. The van der Waals surface area contributed by atoms with Gasteiger partial charge in [-0.1, -0.05) is 0 Å². The first-order chi connectivity index (χ1) is 3.00. The Labute approximate surface area is 53.1 Å². The summed E-state index contributed by atoms with van der Waals surface area (Å²) in [6.07, 6.45) is 0. The Morgan fingerprint density at radius 2 is 1.29 bits per heavy atom. The van der Waals surface area contributed by atoms with Crippen molar-refractivity contribution in [2.24, 2.45) is 0 Å². The topological polar surface area (TPSA) is 77.8 Å². The molecule has 0 rings (SSSR count). The van der Waals surface area contributed by atoms with Crippen LogP contribution in [0.3, 0.4) is 0 Å². The summed E-state index contributed by atoms with van der Waals surface area (Å²) in [4.78, 5) is 21.6. The van der Waals surface area contributed by atoms with Gasteiger partial charge < -0.3 is 14.7 Å². The summed E-state index contributed by atoms with van der Waals surface area (Å²) in [5, 5.41) is 0. The Morgan fingerprint density at radius 3 is 1.29 bits per heavy atom. The third-order valence-electron chi connectivity index (χ3n) is 0. The third-order valence-corrected chi connectivity index (χ3v) is 0. The molecule has 3 radical (unpaired) electrons. The van der Waals surface area contributed by atoms with Crippen molar-refractivity contribution in [2.75, 3.05) is 0 Å². The Kier molecular flexibility index (Phi) is 7.88. The molecule has 7 heavy (non-hydrogen) atoms. The Bertz CT molecular complexity index is 57.8. The number of hydrogen-bond acceptors (Lipinski definition) is 1. The number of phosphoric acid groups is 1. The standard InChI is InChI=1S/ClGe.H3O4P/c1-2;1-5(2,3)4/h;(H3,1,2,3,4). The van der Waals surface area contributed by atoms with E-state index >= 15 is 0 Å². The molecule has 0 spiro atoms. The van der Waals surface area contributed by atoms with E-state index in [1.54, 1.807) is 0 Å². The molecule has 0 aliphatic carbocycles. The molecular formula is H3ClGeO4P. The van der Waals surface area contributed by atoms with Gasteiger partial charge in [-0.2, -0.15) is 0 Å². The van der Waals surface area contributed by atoms with Gasteiger partial charge in [0.25, 0.3) is 0 Å². The predicted octanol–water partition coefficient (Wildman–Crippen LogP) is -0.620. The molecule has 0 bridgehead atoms. The van der Waals surface area contributed by atoms with Gasteiger partial charge in [-0.05, 0) is 0 Å². The van der Waals surface area contributed by atoms with Crippen molar-refractivity contribution in [3.05, 3.63) is 0 Å². The first-order valence-electron chi connectivity index (χ1n) is 0.972. The molecule has 0 aromatic rings. The van der Waals surface area contributed by atoms with Gasteiger partial charge in [0, 0.05) is 0 Å². The van der Waals surface area contributed by atoms with Crippen molar-refractivity contribution >= 4 is 33.4 Å². The van der Waals surface area contributed by atoms with Crippen molar-refractivity contribution in [3.63, 3.8) is 0 Å². The monoisotopic (exact) mass is 207 g/mol. The first-order valence-corrected chi connectivity index (χ1v) is 5.29. The van der Waals surface area contributed by atoms with Crippen molar-refractivity contribution in [2.45, 2.75) is 0 Å². The predicted molar refractivity (Wildman–Crippen MR) is 25.9 cm³/mol. The minimum atomic E-state index is -4.64. The van der Waals surface area contributed by atoms with E-state index in [2.05, 4.69) is 10.0 Å². The van der Waals surface area contributed by atoms with Crippen LogP contribution in [0.2, 0.25) is 0 Å². The Morgan fingerprint density at radius 1 is 1.29 bits per heavy atom. The summed E-state index contributed by atoms with van der Waals surface area (Å²) in [5.74, 6) is 0. The third kappa shape index (κ3) is 191. The van der Waals surface area contributed by atoms with Gasteiger partial charge in [0.2, 0.25) is 0 Å². The van der Waals surface area contributed by atoms with E-state index in [1.807, 2.05) is 0 Å². The van der Waals surface area contributed by atoms with Crippen LogP contribution in [0.4, 0.5) is 0 Å². The van der Waals surface area contributed by atoms with Crippen LogP contribution < -0.4 is 0 Å². The molecule has 0 aliphatic rings. The van der Waals surface area contributed by atoms with Crippen LogP contribution in [0.5, 0.6) is 0 Å². The van der Waals surface area contributed by atoms with Crippen LogP contribution in [-0.2, 0) is 4.57 Å². The van der Waals surface area contributed by atoms with Gasteiger partial charge >= 0.3 is 33.4 Å². The fourth-order valence-electron chi connectivity index (χ4n) is 0. The molecule has 0 fully saturated rings. The number of rotatable bonds is 0. The Balaban J connectivity index is 0. The number of halogens is 1. The van der Waals surface area contributed by atoms with E-state index < -0.39 is 7.82 Å². The fourth-order valence-corrected chi connectivity index (χ4v) is 0. The van der Waals surface area contributed by atoms with E-state index in [0.29, 0.717) is 0 Å². The van der Waals surface area contributed by atoms with Crippen molar-refractivity contribution in [1.82, 2.24) is 0 Å². The summed E-state index contributed by atoms with van der Waals surface area (Å²) in [6, 6.07) is 0. The summed E-state index contributed by atoms with van der Waals surface area (Å²) in [5.41, 5.74) is 0. The molecule has 0 aromatic heterocycles. The minimum absolute atomic E-state index is 1.47. The molecule has 0 saturated heterocycles. The Hall–Kier alpha value is 0.943. The summed E-state index contributed by atoms with van der Waals surface area (Å²) >= 11 is 1.47. The molecule has 4 nitrogen and oxygen atoms in total. The van der Waals surface area contributed by atoms with Crippen molar-refractivity contribution < 1.29 is 19.2 Å². The molecule has 0 heterocycles. The van der Waals surface area contributed by atoms with Crippen LogP contribution in [0.25, 0.3) is 0 Å². The molecule has 0 unspecified atom stereocenters. The average Bonchev–Trinajstić information content (AvgIpc) is 1.36. The van der Waals surface area contributed by atoms with Crippen molar-refractivity contribution in [1.29, 1.82) is 0 Å².